The molecular weight excluding hydrogens is 218 g/mol. The zero-order valence-corrected chi connectivity index (χ0v) is 9.77. The van der Waals surface area contributed by atoms with Crippen molar-refractivity contribution in [1.29, 1.82) is 0 Å². The highest BCUT2D eigenvalue weighted by molar-refractivity contribution is 5.71. The molecular formula is C11H15N5O. The van der Waals surface area contributed by atoms with E-state index in [4.69, 9.17) is 0 Å². The van der Waals surface area contributed by atoms with E-state index in [0.29, 0.717) is 0 Å². The third-order valence-corrected chi connectivity index (χ3v) is 2.08. The number of benzene rings is 1. The first kappa shape index (κ1) is 12.7. The molecule has 90 valence electrons. The van der Waals surface area contributed by atoms with Gasteiger partial charge in [-0.1, -0.05) is 29.5 Å². The molecule has 1 heterocycles. The van der Waals surface area contributed by atoms with Crippen LogP contribution in [0.4, 0.5) is 4.79 Å². The number of aromatic amines is 1. The topological polar surface area (TPSA) is 96.7 Å². The second-order valence-electron chi connectivity index (χ2n) is 3.29. The highest BCUT2D eigenvalue weighted by Crippen LogP contribution is 2.18. The molecule has 1 aromatic heterocycles. The van der Waals surface area contributed by atoms with Crippen LogP contribution in [-0.4, -0.2) is 28.5 Å². The molecule has 2 rings (SSSR count). The molecule has 0 spiro atoms. The van der Waals surface area contributed by atoms with Crippen LogP contribution in [-0.2, 0) is 0 Å². The summed E-state index contributed by atoms with van der Waals surface area (Å²) < 4.78 is 0. The number of nitrogens with two attached hydrogens (primary N) is 1. The van der Waals surface area contributed by atoms with Gasteiger partial charge in [-0.2, -0.15) is 0 Å². The average molecular weight is 233 g/mol. The quantitative estimate of drug-likeness (QED) is 0.687. The molecule has 0 saturated carbocycles. The first-order valence-corrected chi connectivity index (χ1v) is 5.04. The van der Waals surface area contributed by atoms with E-state index >= 15 is 0 Å². The SMILES string of the molecule is CNC(N)=O.Cc1ccccc1-c1c[nH]nn1. The number of carbonyl (C=O) groups excluding carboxylic acids is 1. The van der Waals surface area contributed by atoms with Gasteiger partial charge in [0.2, 0.25) is 0 Å². The van der Waals surface area contributed by atoms with E-state index in [-0.39, 0.29) is 0 Å². The lowest BCUT2D eigenvalue weighted by Gasteiger charge is -1.98. The number of H-pyrrole nitrogens is 1. The fourth-order valence-electron chi connectivity index (χ4n) is 1.19. The lowest BCUT2D eigenvalue weighted by molar-refractivity contribution is 0.251. The largest absolute Gasteiger partial charge is 0.352 e. The van der Waals surface area contributed by atoms with E-state index in [1.807, 2.05) is 18.2 Å². The van der Waals surface area contributed by atoms with Gasteiger partial charge in [0.15, 0.2) is 0 Å². The smallest absolute Gasteiger partial charge is 0.311 e. The summed E-state index contributed by atoms with van der Waals surface area (Å²) in [6.07, 6.45) is 1.79. The van der Waals surface area contributed by atoms with Crippen LogP contribution in [0, 0.1) is 6.92 Å². The molecule has 1 aromatic carbocycles. The number of amides is 2. The number of aromatic nitrogens is 3. The highest BCUT2D eigenvalue weighted by atomic mass is 16.2. The zero-order chi connectivity index (χ0) is 12.7. The summed E-state index contributed by atoms with van der Waals surface area (Å²) >= 11 is 0. The zero-order valence-electron chi connectivity index (χ0n) is 9.77. The lowest BCUT2D eigenvalue weighted by Crippen LogP contribution is -2.24. The van der Waals surface area contributed by atoms with Crippen molar-refractivity contribution in [2.75, 3.05) is 7.05 Å². The lowest BCUT2D eigenvalue weighted by atomic mass is 10.1. The van der Waals surface area contributed by atoms with Gasteiger partial charge in [-0.3, -0.25) is 5.10 Å². The van der Waals surface area contributed by atoms with Crippen LogP contribution in [0.15, 0.2) is 30.5 Å². The van der Waals surface area contributed by atoms with Crippen LogP contribution < -0.4 is 11.1 Å². The predicted molar refractivity (Wildman–Crippen MR) is 65.2 cm³/mol. The van der Waals surface area contributed by atoms with Gasteiger partial charge in [-0.25, -0.2) is 4.79 Å². The first-order chi connectivity index (χ1) is 8.15. The molecule has 2 aromatic rings. The molecule has 0 fully saturated rings. The Morgan fingerprint density at radius 2 is 2.06 bits per heavy atom. The van der Waals surface area contributed by atoms with Crippen LogP contribution >= 0.6 is 0 Å². The summed E-state index contributed by atoms with van der Waals surface area (Å²) in [5, 5.41) is 12.5. The van der Waals surface area contributed by atoms with Crippen molar-refractivity contribution < 1.29 is 4.79 Å². The van der Waals surface area contributed by atoms with Gasteiger partial charge in [-0.05, 0) is 12.5 Å². The Labute approximate surface area is 99.2 Å². The van der Waals surface area contributed by atoms with Crippen molar-refractivity contribution in [2.45, 2.75) is 6.92 Å². The molecule has 0 unspecified atom stereocenters. The van der Waals surface area contributed by atoms with Crippen LogP contribution in [0.3, 0.4) is 0 Å². The molecule has 0 atom stereocenters. The number of rotatable bonds is 1. The van der Waals surface area contributed by atoms with Gasteiger partial charge in [0, 0.05) is 18.8 Å². The third-order valence-electron chi connectivity index (χ3n) is 2.08. The number of carbonyl (C=O) groups is 1. The summed E-state index contributed by atoms with van der Waals surface area (Å²) in [4.78, 5) is 9.48. The molecule has 17 heavy (non-hydrogen) atoms. The second kappa shape index (κ2) is 6.26. The number of nitrogens with one attached hydrogen (secondary N) is 2. The predicted octanol–water partition coefficient (Wildman–Crippen LogP) is 1.06. The van der Waals surface area contributed by atoms with Crippen molar-refractivity contribution in [3.63, 3.8) is 0 Å². The molecule has 0 aliphatic heterocycles. The van der Waals surface area contributed by atoms with Gasteiger partial charge in [0.05, 0.1) is 0 Å². The Hall–Kier alpha value is -2.37. The molecule has 6 heteroatoms. The Balaban J connectivity index is 0.000000249. The maximum Gasteiger partial charge on any atom is 0.311 e. The maximum atomic E-state index is 9.48. The standard InChI is InChI=1S/C9H9N3.C2H6N2O/c1-7-4-2-3-5-8(7)9-6-10-12-11-9;1-4-2(3)5/h2-6H,1H3,(H,10,11,12);1H3,(H3,3,4,5). The van der Waals surface area contributed by atoms with Crippen molar-refractivity contribution in [2.24, 2.45) is 5.73 Å². The Morgan fingerprint density at radius 3 is 2.53 bits per heavy atom. The van der Waals surface area contributed by atoms with E-state index < -0.39 is 6.03 Å². The summed E-state index contributed by atoms with van der Waals surface area (Å²) in [5.41, 5.74) is 7.78. The monoisotopic (exact) mass is 233 g/mol. The highest BCUT2D eigenvalue weighted by Gasteiger charge is 2.01. The van der Waals surface area contributed by atoms with Crippen molar-refractivity contribution in [3.8, 4) is 11.3 Å². The minimum absolute atomic E-state index is 0.495. The van der Waals surface area contributed by atoms with Gasteiger partial charge in [-0.15, -0.1) is 5.10 Å². The summed E-state index contributed by atoms with van der Waals surface area (Å²) in [5.74, 6) is 0. The third kappa shape index (κ3) is 3.94. The fourth-order valence-corrected chi connectivity index (χ4v) is 1.19. The van der Waals surface area contributed by atoms with Crippen molar-refractivity contribution >= 4 is 6.03 Å². The second-order valence-corrected chi connectivity index (χ2v) is 3.29. The minimum Gasteiger partial charge on any atom is -0.352 e. The number of nitrogens with zero attached hydrogens (tertiary/aromatic N) is 2. The van der Waals surface area contributed by atoms with Crippen LogP contribution in [0.1, 0.15) is 5.56 Å². The number of urea groups is 1. The van der Waals surface area contributed by atoms with Crippen molar-refractivity contribution in [3.05, 3.63) is 36.0 Å². The Kier molecular flexibility index (Phi) is 4.68. The molecule has 4 N–H and O–H groups in total. The van der Waals surface area contributed by atoms with E-state index in [0.717, 1.165) is 11.3 Å². The van der Waals surface area contributed by atoms with Crippen LogP contribution in [0.2, 0.25) is 0 Å². The normalized spacial score (nSPS) is 9.06. The van der Waals surface area contributed by atoms with Gasteiger partial charge in [0.1, 0.15) is 5.69 Å². The Bertz CT molecular complexity index is 466. The molecule has 0 saturated heterocycles. The van der Waals surface area contributed by atoms with E-state index in [1.165, 1.54) is 12.6 Å². The maximum absolute atomic E-state index is 9.48. The Morgan fingerprint density at radius 1 is 1.41 bits per heavy atom. The number of primary amides is 1. The number of hydrogen-bond donors (Lipinski definition) is 3. The van der Waals surface area contributed by atoms with Crippen molar-refractivity contribution in [1.82, 2.24) is 20.7 Å². The molecule has 0 bridgehead atoms. The fraction of sp³-hybridized carbons (Fsp3) is 0.182. The summed E-state index contributed by atoms with van der Waals surface area (Å²) in [6, 6.07) is 7.61. The molecule has 0 aliphatic rings. The first-order valence-electron chi connectivity index (χ1n) is 5.04. The summed E-state index contributed by atoms with van der Waals surface area (Å²) in [6.45, 7) is 2.06. The summed E-state index contributed by atoms with van der Waals surface area (Å²) in [7, 11) is 1.47. The number of aryl methyl sites for hydroxylation is 1. The minimum atomic E-state index is -0.495. The molecule has 6 nitrogen and oxygen atoms in total. The van der Waals surface area contributed by atoms with Gasteiger partial charge >= 0.3 is 6.03 Å². The van der Waals surface area contributed by atoms with Gasteiger partial charge in [0.25, 0.3) is 0 Å². The van der Waals surface area contributed by atoms with Crippen LogP contribution in [0.5, 0.6) is 0 Å². The van der Waals surface area contributed by atoms with E-state index in [1.54, 1.807) is 6.20 Å². The van der Waals surface area contributed by atoms with E-state index in [2.05, 4.69) is 39.5 Å². The molecule has 0 aliphatic carbocycles. The molecule has 0 radical (unpaired) electrons. The molecule has 2 amide bonds. The van der Waals surface area contributed by atoms with E-state index in [9.17, 15) is 4.79 Å². The number of hydrogen-bond acceptors (Lipinski definition) is 3. The van der Waals surface area contributed by atoms with Gasteiger partial charge < -0.3 is 11.1 Å². The average Bonchev–Trinajstić information content (AvgIpc) is 2.84. The van der Waals surface area contributed by atoms with Crippen LogP contribution in [0.25, 0.3) is 11.3 Å².